The molecule has 0 atom stereocenters. The van der Waals surface area contributed by atoms with Crippen molar-refractivity contribution < 1.29 is 19.5 Å². The fraction of sp³-hybridized carbons (Fsp3) is 0.474. The maximum atomic E-state index is 4.94. The Morgan fingerprint density at radius 2 is 1.36 bits per heavy atom. The first kappa shape index (κ1) is 20.1. The van der Waals surface area contributed by atoms with E-state index in [1.165, 1.54) is 27.8 Å². The van der Waals surface area contributed by atoms with Gasteiger partial charge in [0.1, 0.15) is 0 Å². The van der Waals surface area contributed by atoms with Crippen molar-refractivity contribution in [1.29, 1.82) is 0 Å². The standard InChI is InChI=1S/C19H25N.Rf.Rh/c1-11-9-16-14(4)12(2)13(3)15(5)18(16)20-17(11)10-19(6,7)8;;/h10H,1-8H3;;/q-2;;/b17-10+;;. The number of benzene rings is 1. The smallest absolute Gasteiger partial charge is 0 e. The maximum absolute atomic E-state index is 4.94. The van der Waals surface area contributed by atoms with Gasteiger partial charge < -0.3 is 5.32 Å². The first-order valence-corrected chi connectivity index (χ1v) is 7.27. The molecule has 1 nitrogen and oxygen atoms in total. The quantitative estimate of drug-likeness (QED) is 0.246. The Labute approximate surface area is 142 Å². The summed E-state index contributed by atoms with van der Waals surface area (Å²) in [5, 5.41) is 4.94. The van der Waals surface area contributed by atoms with Gasteiger partial charge in [-0.25, -0.2) is 11.4 Å². The molecule has 0 saturated heterocycles. The monoisotopic (exact) mass is 637 g/mol. The summed E-state index contributed by atoms with van der Waals surface area (Å²) in [6, 6.07) is 0. The molecular weight excluding hydrogens is 612 g/mol. The molecule has 0 saturated carbocycles. The Kier molecular flexibility index (Phi) is 5.93. The Hall–Kier alpha value is -1.88. The number of rotatable bonds is 0. The average Bonchev–Trinajstić information content (AvgIpc) is 2.34. The number of hydrogen-bond acceptors (Lipinski definition) is 0. The van der Waals surface area contributed by atoms with Gasteiger partial charge in [-0.05, 0) is 26.2 Å². The van der Waals surface area contributed by atoms with E-state index in [1.54, 1.807) is 0 Å². The van der Waals surface area contributed by atoms with E-state index >= 15 is 0 Å². The second kappa shape index (κ2) is 6.48. The van der Waals surface area contributed by atoms with Crippen molar-refractivity contribution in [2.24, 2.45) is 5.41 Å². The molecule has 1 aliphatic heterocycles. The summed E-state index contributed by atoms with van der Waals surface area (Å²) in [6.45, 7) is 17.4. The number of fused-ring (bicyclic) bond motifs is 1. The summed E-state index contributed by atoms with van der Waals surface area (Å²) < 4.78 is 0. The van der Waals surface area contributed by atoms with E-state index < -0.39 is 0 Å². The number of nitrogens with zero attached hydrogens (tertiary/aromatic N) is 1. The Morgan fingerprint density at radius 3 is 1.86 bits per heavy atom. The van der Waals surface area contributed by atoms with Crippen LogP contribution in [0.2, 0.25) is 0 Å². The van der Waals surface area contributed by atoms with Crippen LogP contribution in [-0.2, 0) is 19.5 Å². The van der Waals surface area contributed by atoms with E-state index in [2.05, 4.69) is 67.5 Å². The minimum atomic E-state index is 0. The number of allylic oxidation sites excluding steroid dienone is 2. The molecule has 0 aliphatic carbocycles. The van der Waals surface area contributed by atoms with E-state index in [4.69, 9.17) is 5.32 Å². The maximum Gasteiger partial charge on any atom is 0 e. The summed E-state index contributed by atoms with van der Waals surface area (Å²) in [5.41, 5.74) is 9.90. The summed E-state index contributed by atoms with van der Waals surface area (Å²) in [5.74, 6) is 0. The van der Waals surface area contributed by atoms with Crippen LogP contribution in [0.1, 0.15) is 55.5 Å². The summed E-state index contributed by atoms with van der Waals surface area (Å²) >= 11 is 0. The van der Waals surface area contributed by atoms with Crippen LogP contribution in [0.15, 0.2) is 17.3 Å². The molecule has 0 aromatic heterocycles. The molecule has 0 fully saturated rings. The van der Waals surface area contributed by atoms with Gasteiger partial charge in [-0.2, -0.15) is 11.1 Å². The zero-order chi connectivity index (χ0) is 15.2. The zero-order valence-electron chi connectivity index (χ0n) is 15.1. The average molecular weight is 637 g/mol. The van der Waals surface area contributed by atoms with Crippen LogP contribution in [0, 0.1) is 39.2 Å². The molecule has 0 bridgehead atoms. The summed E-state index contributed by atoms with van der Waals surface area (Å²) in [4.78, 5) is 0. The third-order valence-electron chi connectivity index (χ3n) is 4.15. The number of hydrogen-bond donors (Lipinski definition) is 0. The van der Waals surface area contributed by atoms with Gasteiger partial charge in [0.15, 0.2) is 0 Å². The third-order valence-corrected chi connectivity index (χ3v) is 4.15. The van der Waals surface area contributed by atoms with Crippen molar-refractivity contribution >= 4 is 5.69 Å². The van der Waals surface area contributed by atoms with Gasteiger partial charge in [-0.15, -0.1) is 23.3 Å². The van der Waals surface area contributed by atoms with E-state index in [0.717, 1.165) is 17.0 Å². The van der Waals surface area contributed by atoms with Gasteiger partial charge in [-0.1, -0.05) is 45.7 Å². The van der Waals surface area contributed by atoms with Crippen molar-refractivity contribution in [3.8, 4) is 0 Å². The molecule has 1 aliphatic rings. The van der Waals surface area contributed by atoms with E-state index in [0.29, 0.717) is 0 Å². The molecular formula is C19H25NRfRh-2. The molecule has 3 heteroatoms. The van der Waals surface area contributed by atoms with Gasteiger partial charge in [0.05, 0.1) is 0 Å². The second-order valence-electron chi connectivity index (χ2n) is 6.98. The SMILES string of the molecule is CC1=[C-]c2c(C)c(C)c(C)c(C)c2[N-]/C1=C/C(C)(C)C.[Rf].[Rh]. The molecule has 1 aromatic rings. The Morgan fingerprint density at radius 1 is 0.864 bits per heavy atom. The van der Waals surface area contributed by atoms with Crippen molar-refractivity contribution in [1.82, 2.24) is 0 Å². The second-order valence-corrected chi connectivity index (χ2v) is 6.98. The van der Waals surface area contributed by atoms with Crippen LogP contribution < -0.4 is 0 Å². The molecule has 1 radical (unpaired) electrons. The van der Waals surface area contributed by atoms with Crippen molar-refractivity contribution in [3.63, 3.8) is 0 Å². The minimum Gasteiger partial charge on any atom is -0.745 e. The fourth-order valence-corrected chi connectivity index (χ4v) is 2.59. The van der Waals surface area contributed by atoms with E-state index in [9.17, 15) is 0 Å². The predicted octanol–water partition coefficient (Wildman–Crippen LogP) is 5.96. The van der Waals surface area contributed by atoms with Gasteiger partial charge in [0, 0.05) is 19.5 Å². The van der Waals surface area contributed by atoms with Crippen LogP contribution in [-0.4, -0.2) is 0 Å². The topological polar surface area (TPSA) is 14.1 Å². The first-order chi connectivity index (χ1) is 9.11. The molecule has 2 rings (SSSR count). The summed E-state index contributed by atoms with van der Waals surface area (Å²) in [6.07, 6.45) is 5.80. The van der Waals surface area contributed by atoms with E-state index in [-0.39, 0.29) is 24.9 Å². The first-order valence-electron chi connectivity index (χ1n) is 7.27. The van der Waals surface area contributed by atoms with Crippen molar-refractivity contribution in [2.75, 3.05) is 0 Å². The van der Waals surface area contributed by atoms with Crippen LogP contribution in [0.25, 0.3) is 5.32 Å². The molecule has 0 N–H and O–H groups in total. The molecule has 0 spiro atoms. The van der Waals surface area contributed by atoms with Gasteiger partial charge in [0.2, 0.25) is 0 Å². The minimum absolute atomic E-state index is 0. The van der Waals surface area contributed by atoms with Crippen molar-refractivity contribution in [2.45, 2.75) is 55.4 Å². The molecule has 0 amide bonds. The van der Waals surface area contributed by atoms with Gasteiger partial charge in [-0.3, -0.25) is 0 Å². The zero-order valence-corrected chi connectivity index (χ0v) is 23.1. The van der Waals surface area contributed by atoms with Crippen LogP contribution in [0.3, 0.4) is 0 Å². The van der Waals surface area contributed by atoms with E-state index in [1.807, 2.05) is 0 Å². The molecule has 1 heterocycles. The van der Waals surface area contributed by atoms with Crippen LogP contribution >= 0.6 is 0 Å². The molecule has 1 aromatic carbocycles. The van der Waals surface area contributed by atoms with Gasteiger partial charge in [0.25, 0.3) is 0 Å². The van der Waals surface area contributed by atoms with Crippen molar-refractivity contribution in [3.05, 3.63) is 56.6 Å². The van der Waals surface area contributed by atoms with Gasteiger partial charge >= 0.3 is 0 Å². The molecule has 0 unspecified atom stereocenters. The predicted molar refractivity (Wildman–Crippen MR) is 87.5 cm³/mol. The Bertz CT molecular complexity index is 634. The normalized spacial score (nSPS) is 15.3. The van der Waals surface area contributed by atoms with Crippen LogP contribution in [0.5, 0.6) is 0 Å². The largest absolute Gasteiger partial charge is 0.745 e. The fourth-order valence-electron chi connectivity index (χ4n) is 2.59. The third kappa shape index (κ3) is 3.47. The van der Waals surface area contributed by atoms with Crippen LogP contribution in [0.4, 0.5) is 5.69 Å². The molecule has 119 valence electrons. The molecule has 22 heavy (non-hydrogen) atoms. The Balaban J connectivity index is 0.00000220. The summed E-state index contributed by atoms with van der Waals surface area (Å²) in [7, 11) is 0.